The Morgan fingerprint density at radius 2 is 1.53 bits per heavy atom. The van der Waals surface area contributed by atoms with E-state index in [0.29, 0.717) is 12.6 Å². The van der Waals surface area contributed by atoms with Crippen LogP contribution in [0.4, 0.5) is 0 Å². The molecule has 0 atom stereocenters. The summed E-state index contributed by atoms with van der Waals surface area (Å²) in [5.74, 6) is 0.244. The Labute approximate surface area is 123 Å². The topological polar surface area (TPSA) is 55.1 Å². The van der Waals surface area contributed by atoms with Crippen molar-refractivity contribution in [2.24, 2.45) is 11.1 Å². The molecule has 19 heavy (non-hydrogen) atoms. The van der Waals surface area contributed by atoms with Crippen molar-refractivity contribution >= 4 is 18.3 Å². The summed E-state index contributed by atoms with van der Waals surface area (Å²) in [6.45, 7) is 0.519. The Morgan fingerprint density at radius 1 is 1.00 bits per heavy atom. The molecule has 0 radical (unpaired) electrons. The Kier molecular flexibility index (Phi) is 7.16. The maximum atomic E-state index is 12.5. The molecule has 0 unspecified atom stereocenters. The first-order valence-electron chi connectivity index (χ1n) is 7.78. The first-order valence-corrected chi connectivity index (χ1v) is 7.78. The molecule has 0 saturated heterocycles. The average Bonchev–Trinajstić information content (AvgIpc) is 2.82. The van der Waals surface area contributed by atoms with Crippen LogP contribution in [0.5, 0.6) is 0 Å². The van der Waals surface area contributed by atoms with Crippen molar-refractivity contribution in [3.05, 3.63) is 0 Å². The fourth-order valence-electron chi connectivity index (χ4n) is 3.51. The number of rotatable bonds is 3. The van der Waals surface area contributed by atoms with Gasteiger partial charge in [0.15, 0.2) is 0 Å². The van der Waals surface area contributed by atoms with Crippen molar-refractivity contribution in [3.8, 4) is 0 Å². The fourth-order valence-corrected chi connectivity index (χ4v) is 3.51. The maximum Gasteiger partial charge on any atom is 0.227 e. The molecule has 2 saturated carbocycles. The van der Waals surface area contributed by atoms with Gasteiger partial charge >= 0.3 is 0 Å². The highest BCUT2D eigenvalue weighted by Gasteiger charge is 2.40. The van der Waals surface area contributed by atoms with Crippen LogP contribution in [0.1, 0.15) is 70.6 Å². The van der Waals surface area contributed by atoms with Gasteiger partial charge in [0.05, 0.1) is 5.41 Å². The van der Waals surface area contributed by atoms with Crippen molar-refractivity contribution in [3.63, 3.8) is 0 Å². The van der Waals surface area contributed by atoms with E-state index in [4.69, 9.17) is 5.73 Å². The molecule has 2 aliphatic rings. The maximum absolute atomic E-state index is 12.5. The highest BCUT2D eigenvalue weighted by atomic mass is 35.5. The number of amides is 1. The van der Waals surface area contributed by atoms with E-state index < -0.39 is 0 Å². The van der Waals surface area contributed by atoms with Crippen LogP contribution in [0.3, 0.4) is 0 Å². The predicted octanol–water partition coefficient (Wildman–Crippen LogP) is 3.16. The number of carbonyl (C=O) groups excluding carboxylic acids is 1. The van der Waals surface area contributed by atoms with Crippen molar-refractivity contribution in [1.29, 1.82) is 0 Å². The number of hydrogen-bond donors (Lipinski definition) is 2. The standard InChI is InChI=1S/C15H28N2O.ClH/c16-12-15(10-6-7-11-15)14(18)17-13-8-4-2-1-3-5-9-13;/h13H,1-12,16H2,(H,17,18);1H. The van der Waals surface area contributed by atoms with Crippen LogP contribution in [0.2, 0.25) is 0 Å². The lowest BCUT2D eigenvalue weighted by Gasteiger charge is -2.30. The zero-order valence-corrected chi connectivity index (χ0v) is 12.8. The molecule has 0 bridgehead atoms. The van der Waals surface area contributed by atoms with Gasteiger partial charge in [-0.2, -0.15) is 0 Å². The van der Waals surface area contributed by atoms with Gasteiger partial charge in [-0.05, 0) is 25.7 Å². The predicted molar refractivity (Wildman–Crippen MR) is 81.5 cm³/mol. The molecule has 2 rings (SSSR count). The molecule has 0 aromatic heterocycles. The largest absolute Gasteiger partial charge is 0.353 e. The summed E-state index contributed by atoms with van der Waals surface area (Å²) in [5.41, 5.74) is 5.64. The smallest absolute Gasteiger partial charge is 0.227 e. The highest BCUT2D eigenvalue weighted by molar-refractivity contribution is 5.85. The van der Waals surface area contributed by atoms with Gasteiger partial charge in [-0.15, -0.1) is 12.4 Å². The Morgan fingerprint density at radius 3 is 2.05 bits per heavy atom. The van der Waals surface area contributed by atoms with E-state index in [1.807, 2.05) is 0 Å². The summed E-state index contributed by atoms with van der Waals surface area (Å²) in [4.78, 5) is 12.5. The van der Waals surface area contributed by atoms with E-state index in [1.165, 1.54) is 32.1 Å². The third kappa shape index (κ3) is 4.35. The second-order valence-corrected chi connectivity index (χ2v) is 6.21. The van der Waals surface area contributed by atoms with E-state index in [2.05, 4.69) is 5.32 Å². The SMILES string of the molecule is Cl.NCC1(C(=O)NC2CCCCCCC2)CCCC1. The van der Waals surface area contributed by atoms with Gasteiger partial charge in [-0.1, -0.05) is 44.9 Å². The molecular weight excluding hydrogens is 260 g/mol. The van der Waals surface area contributed by atoms with Gasteiger partial charge in [0.2, 0.25) is 5.91 Å². The lowest BCUT2D eigenvalue weighted by molar-refractivity contribution is -0.131. The van der Waals surface area contributed by atoms with E-state index in [-0.39, 0.29) is 23.7 Å². The minimum Gasteiger partial charge on any atom is -0.353 e. The van der Waals surface area contributed by atoms with Crippen LogP contribution in [0.15, 0.2) is 0 Å². The van der Waals surface area contributed by atoms with Crippen LogP contribution in [0.25, 0.3) is 0 Å². The average molecular weight is 289 g/mol. The van der Waals surface area contributed by atoms with Gasteiger partial charge in [-0.3, -0.25) is 4.79 Å². The van der Waals surface area contributed by atoms with Crippen LogP contribution in [0, 0.1) is 5.41 Å². The molecule has 0 aromatic carbocycles. The van der Waals surface area contributed by atoms with Crippen LogP contribution < -0.4 is 11.1 Å². The first-order chi connectivity index (χ1) is 8.77. The van der Waals surface area contributed by atoms with Crippen molar-refractivity contribution in [2.45, 2.75) is 76.7 Å². The quantitative estimate of drug-likeness (QED) is 0.838. The summed E-state index contributed by atoms with van der Waals surface area (Å²) in [7, 11) is 0. The summed E-state index contributed by atoms with van der Waals surface area (Å²) in [6.07, 6.45) is 13.2. The minimum atomic E-state index is -0.234. The summed E-state index contributed by atoms with van der Waals surface area (Å²) >= 11 is 0. The number of nitrogens with one attached hydrogen (secondary N) is 1. The fraction of sp³-hybridized carbons (Fsp3) is 0.933. The molecule has 0 heterocycles. The van der Waals surface area contributed by atoms with E-state index in [9.17, 15) is 4.79 Å². The van der Waals surface area contributed by atoms with Crippen LogP contribution in [-0.2, 0) is 4.79 Å². The van der Waals surface area contributed by atoms with Crippen LogP contribution >= 0.6 is 12.4 Å². The van der Waals surface area contributed by atoms with Gasteiger partial charge in [0.1, 0.15) is 0 Å². The molecule has 0 spiro atoms. The van der Waals surface area contributed by atoms with Crippen molar-refractivity contribution < 1.29 is 4.79 Å². The number of halogens is 1. The third-order valence-corrected chi connectivity index (χ3v) is 4.87. The molecule has 4 heteroatoms. The summed E-state index contributed by atoms with van der Waals surface area (Å²) in [5, 5.41) is 3.30. The van der Waals surface area contributed by atoms with E-state index in [1.54, 1.807) is 0 Å². The molecule has 2 aliphatic carbocycles. The molecule has 1 amide bonds. The molecule has 3 nitrogen and oxygen atoms in total. The van der Waals surface area contributed by atoms with Gasteiger partial charge in [0.25, 0.3) is 0 Å². The molecule has 2 fully saturated rings. The normalized spacial score (nSPS) is 24.1. The Bertz CT molecular complexity index is 269. The van der Waals surface area contributed by atoms with E-state index >= 15 is 0 Å². The Balaban J connectivity index is 0.00000180. The summed E-state index contributed by atoms with van der Waals surface area (Å²) in [6, 6.07) is 0.404. The second kappa shape index (κ2) is 8.11. The van der Waals surface area contributed by atoms with Gasteiger partial charge < -0.3 is 11.1 Å². The first kappa shape index (κ1) is 16.8. The van der Waals surface area contributed by atoms with Crippen molar-refractivity contribution in [1.82, 2.24) is 5.32 Å². The number of hydrogen-bond acceptors (Lipinski definition) is 2. The minimum absolute atomic E-state index is 0. The second-order valence-electron chi connectivity index (χ2n) is 6.21. The van der Waals surface area contributed by atoms with Crippen molar-refractivity contribution in [2.75, 3.05) is 6.54 Å². The Hall–Kier alpha value is -0.280. The van der Waals surface area contributed by atoms with Crippen LogP contribution in [-0.4, -0.2) is 18.5 Å². The number of nitrogens with two attached hydrogens (primary N) is 1. The summed E-state index contributed by atoms with van der Waals surface area (Å²) < 4.78 is 0. The lowest BCUT2D eigenvalue weighted by Crippen LogP contribution is -2.48. The molecule has 112 valence electrons. The van der Waals surface area contributed by atoms with E-state index in [0.717, 1.165) is 38.5 Å². The highest BCUT2D eigenvalue weighted by Crippen LogP contribution is 2.37. The molecule has 0 aromatic rings. The zero-order valence-electron chi connectivity index (χ0n) is 12.0. The zero-order chi connectivity index (χ0) is 12.8. The van der Waals surface area contributed by atoms with Gasteiger partial charge in [0, 0.05) is 12.6 Å². The third-order valence-electron chi connectivity index (χ3n) is 4.87. The molecule has 3 N–H and O–H groups in total. The molecule has 0 aliphatic heterocycles. The molecular formula is C15H29ClN2O. The monoisotopic (exact) mass is 288 g/mol. The van der Waals surface area contributed by atoms with Gasteiger partial charge in [-0.25, -0.2) is 0 Å². The lowest BCUT2D eigenvalue weighted by atomic mass is 9.84. The number of carbonyl (C=O) groups is 1.